The summed E-state index contributed by atoms with van der Waals surface area (Å²) in [6.07, 6.45) is 1.75. The third-order valence-corrected chi connectivity index (χ3v) is 3.02. The minimum atomic E-state index is -0.733. The standard InChI is InChI=1S/C12H23N3O4/c1-15(7-9(16)8-19-2)12(18)14-10-5-3-4-6-13-11(10)17/h9-10,16H,3-8H2,1-2H3,(H,13,17)(H,14,18)/t9-,10+/m0/s1. The number of hydrogen-bond acceptors (Lipinski definition) is 4. The van der Waals surface area contributed by atoms with Crippen molar-refractivity contribution in [3.05, 3.63) is 0 Å². The summed E-state index contributed by atoms with van der Waals surface area (Å²) < 4.78 is 4.80. The maximum atomic E-state index is 11.9. The molecule has 1 heterocycles. The SMILES string of the molecule is COC[C@@H](O)CN(C)C(=O)N[C@@H]1CCCCNC1=O. The van der Waals surface area contributed by atoms with Crippen LogP contribution in [-0.2, 0) is 9.53 Å². The van der Waals surface area contributed by atoms with Gasteiger partial charge in [0.25, 0.3) is 0 Å². The molecule has 0 saturated carbocycles. The number of urea groups is 1. The number of aliphatic hydroxyl groups is 1. The number of likely N-dealkylation sites (N-methyl/N-ethyl adjacent to an activating group) is 1. The number of amides is 3. The van der Waals surface area contributed by atoms with Crippen LogP contribution < -0.4 is 10.6 Å². The highest BCUT2D eigenvalue weighted by molar-refractivity contribution is 5.87. The van der Waals surface area contributed by atoms with Crippen LogP contribution in [0, 0.1) is 0 Å². The first kappa shape index (κ1) is 15.7. The molecule has 0 aliphatic carbocycles. The van der Waals surface area contributed by atoms with Gasteiger partial charge < -0.3 is 25.4 Å². The molecule has 1 aliphatic rings. The summed E-state index contributed by atoms with van der Waals surface area (Å²) in [6.45, 7) is 0.989. The zero-order valence-corrected chi connectivity index (χ0v) is 11.5. The molecule has 1 aliphatic heterocycles. The molecule has 1 saturated heterocycles. The van der Waals surface area contributed by atoms with Crippen molar-refractivity contribution in [3.8, 4) is 0 Å². The Balaban J connectivity index is 2.41. The highest BCUT2D eigenvalue weighted by Gasteiger charge is 2.24. The highest BCUT2D eigenvalue weighted by Crippen LogP contribution is 2.05. The Bertz CT molecular complexity index is 311. The molecule has 0 aromatic heterocycles. The molecule has 0 spiro atoms. The molecule has 19 heavy (non-hydrogen) atoms. The van der Waals surface area contributed by atoms with Crippen molar-refractivity contribution in [1.82, 2.24) is 15.5 Å². The minimum Gasteiger partial charge on any atom is -0.389 e. The topological polar surface area (TPSA) is 90.9 Å². The molecule has 1 rings (SSSR count). The average Bonchev–Trinajstić information content (AvgIpc) is 2.55. The van der Waals surface area contributed by atoms with E-state index in [0.717, 1.165) is 12.8 Å². The van der Waals surface area contributed by atoms with Gasteiger partial charge >= 0.3 is 6.03 Å². The average molecular weight is 273 g/mol. The predicted octanol–water partition coefficient (Wildman–Crippen LogP) is -0.696. The Kier molecular flexibility index (Phi) is 6.58. The summed E-state index contributed by atoms with van der Waals surface area (Å²) in [4.78, 5) is 24.9. The van der Waals surface area contributed by atoms with Gasteiger partial charge in [-0.25, -0.2) is 4.79 Å². The summed E-state index contributed by atoms with van der Waals surface area (Å²) in [6, 6.07) is -0.853. The monoisotopic (exact) mass is 273 g/mol. The lowest BCUT2D eigenvalue weighted by Crippen LogP contribution is -2.51. The molecular formula is C12H23N3O4. The summed E-state index contributed by atoms with van der Waals surface area (Å²) >= 11 is 0. The second-order valence-corrected chi connectivity index (χ2v) is 4.78. The van der Waals surface area contributed by atoms with Crippen molar-refractivity contribution < 1.29 is 19.4 Å². The molecule has 0 bridgehead atoms. The fraction of sp³-hybridized carbons (Fsp3) is 0.833. The van der Waals surface area contributed by atoms with Gasteiger partial charge in [-0.1, -0.05) is 0 Å². The first-order valence-electron chi connectivity index (χ1n) is 6.51. The van der Waals surface area contributed by atoms with Gasteiger partial charge in [0.05, 0.1) is 19.3 Å². The fourth-order valence-corrected chi connectivity index (χ4v) is 1.98. The normalized spacial score (nSPS) is 21.2. The molecule has 1 fully saturated rings. The molecule has 0 unspecified atom stereocenters. The van der Waals surface area contributed by atoms with Gasteiger partial charge in [-0.05, 0) is 19.3 Å². The van der Waals surface area contributed by atoms with Crippen LogP contribution in [0.25, 0.3) is 0 Å². The largest absolute Gasteiger partial charge is 0.389 e. The lowest BCUT2D eigenvalue weighted by atomic mass is 10.1. The van der Waals surface area contributed by atoms with Crippen molar-refractivity contribution in [2.45, 2.75) is 31.4 Å². The molecule has 7 nitrogen and oxygen atoms in total. The molecule has 3 N–H and O–H groups in total. The molecular weight excluding hydrogens is 250 g/mol. The number of hydrogen-bond donors (Lipinski definition) is 3. The van der Waals surface area contributed by atoms with E-state index in [-0.39, 0.29) is 25.1 Å². The Morgan fingerprint density at radius 1 is 1.63 bits per heavy atom. The maximum Gasteiger partial charge on any atom is 0.317 e. The smallest absolute Gasteiger partial charge is 0.317 e. The van der Waals surface area contributed by atoms with E-state index in [2.05, 4.69) is 10.6 Å². The maximum absolute atomic E-state index is 11.9. The predicted molar refractivity (Wildman–Crippen MR) is 69.7 cm³/mol. The van der Waals surface area contributed by atoms with Crippen LogP contribution in [0.5, 0.6) is 0 Å². The second-order valence-electron chi connectivity index (χ2n) is 4.78. The molecule has 3 amide bonds. The van der Waals surface area contributed by atoms with Crippen LogP contribution in [0.3, 0.4) is 0 Å². The van der Waals surface area contributed by atoms with E-state index in [1.807, 2.05) is 0 Å². The van der Waals surface area contributed by atoms with E-state index in [1.54, 1.807) is 7.05 Å². The van der Waals surface area contributed by atoms with Gasteiger partial charge in [0, 0.05) is 20.7 Å². The quantitative estimate of drug-likeness (QED) is 0.618. The molecule has 0 aromatic rings. The molecule has 2 atom stereocenters. The summed E-state index contributed by atoms with van der Waals surface area (Å²) in [5, 5.41) is 15.0. The number of carbonyl (C=O) groups excluding carboxylic acids is 2. The molecule has 7 heteroatoms. The number of methoxy groups -OCH3 is 1. The summed E-state index contributed by atoms with van der Waals surface area (Å²) in [5.41, 5.74) is 0. The zero-order valence-electron chi connectivity index (χ0n) is 11.5. The minimum absolute atomic E-state index is 0.142. The van der Waals surface area contributed by atoms with E-state index in [4.69, 9.17) is 4.74 Å². The van der Waals surface area contributed by atoms with E-state index in [1.165, 1.54) is 12.0 Å². The number of nitrogens with one attached hydrogen (secondary N) is 2. The van der Waals surface area contributed by atoms with Crippen LogP contribution >= 0.6 is 0 Å². The lowest BCUT2D eigenvalue weighted by Gasteiger charge is -2.23. The van der Waals surface area contributed by atoms with Crippen LogP contribution in [0.2, 0.25) is 0 Å². The third kappa shape index (κ3) is 5.44. The Labute approximate surface area is 113 Å². The van der Waals surface area contributed by atoms with Crippen LogP contribution in [-0.4, -0.2) is 67.9 Å². The number of ether oxygens (including phenoxy) is 1. The van der Waals surface area contributed by atoms with Gasteiger partial charge in [0.1, 0.15) is 6.04 Å². The Morgan fingerprint density at radius 2 is 2.37 bits per heavy atom. The fourth-order valence-electron chi connectivity index (χ4n) is 1.98. The number of aliphatic hydroxyl groups excluding tert-OH is 1. The van der Waals surface area contributed by atoms with Crippen LogP contribution in [0.1, 0.15) is 19.3 Å². The molecule has 0 aromatic carbocycles. The van der Waals surface area contributed by atoms with E-state index < -0.39 is 12.1 Å². The zero-order chi connectivity index (χ0) is 14.3. The summed E-state index contributed by atoms with van der Waals surface area (Å²) in [7, 11) is 3.06. The summed E-state index contributed by atoms with van der Waals surface area (Å²) in [5.74, 6) is -0.142. The van der Waals surface area contributed by atoms with E-state index in [9.17, 15) is 14.7 Å². The van der Waals surface area contributed by atoms with Crippen molar-refractivity contribution in [3.63, 3.8) is 0 Å². The van der Waals surface area contributed by atoms with Gasteiger partial charge in [-0.2, -0.15) is 0 Å². The number of nitrogens with zero attached hydrogens (tertiary/aromatic N) is 1. The molecule has 110 valence electrons. The Morgan fingerprint density at radius 3 is 3.05 bits per heavy atom. The first-order chi connectivity index (χ1) is 9.04. The van der Waals surface area contributed by atoms with E-state index >= 15 is 0 Å². The third-order valence-electron chi connectivity index (χ3n) is 3.02. The molecule has 0 radical (unpaired) electrons. The van der Waals surface area contributed by atoms with Crippen molar-refractivity contribution in [1.29, 1.82) is 0 Å². The van der Waals surface area contributed by atoms with E-state index in [0.29, 0.717) is 13.0 Å². The van der Waals surface area contributed by atoms with Crippen LogP contribution in [0.15, 0.2) is 0 Å². The van der Waals surface area contributed by atoms with Gasteiger partial charge in [-0.3, -0.25) is 4.79 Å². The van der Waals surface area contributed by atoms with Gasteiger partial charge in [0.15, 0.2) is 0 Å². The highest BCUT2D eigenvalue weighted by atomic mass is 16.5. The van der Waals surface area contributed by atoms with Crippen LogP contribution in [0.4, 0.5) is 4.79 Å². The van der Waals surface area contributed by atoms with Crippen molar-refractivity contribution in [2.24, 2.45) is 0 Å². The van der Waals surface area contributed by atoms with Gasteiger partial charge in [-0.15, -0.1) is 0 Å². The van der Waals surface area contributed by atoms with Gasteiger partial charge in [0.2, 0.25) is 5.91 Å². The number of rotatable bonds is 5. The van der Waals surface area contributed by atoms with Crippen molar-refractivity contribution in [2.75, 3.05) is 33.9 Å². The first-order valence-corrected chi connectivity index (χ1v) is 6.51. The number of carbonyl (C=O) groups is 2. The van der Waals surface area contributed by atoms with Crippen molar-refractivity contribution >= 4 is 11.9 Å². The Hall–Kier alpha value is -1.34. The lowest BCUT2D eigenvalue weighted by molar-refractivity contribution is -0.122. The second kappa shape index (κ2) is 7.96.